The highest BCUT2D eigenvalue weighted by Gasteiger charge is 2.66. The van der Waals surface area contributed by atoms with Gasteiger partial charge in [-0.2, -0.15) is 0 Å². The number of allylic oxidation sites excluding steroid dienone is 4. The molecule has 24 heavy (non-hydrogen) atoms. The third kappa shape index (κ3) is 1.80. The fourth-order valence-electron chi connectivity index (χ4n) is 7.30. The maximum Gasteiger partial charge on any atom is 0.174 e. The quantitative estimate of drug-likeness (QED) is 0.576. The Morgan fingerprint density at radius 1 is 1.04 bits per heavy atom. The number of hydrogen-bond acceptors (Lipinski definition) is 2. The fraction of sp³-hybridized carbons (Fsp3) is 0.818. The van der Waals surface area contributed by atoms with Crippen LogP contribution in [0.2, 0.25) is 0 Å². The first-order valence-electron chi connectivity index (χ1n) is 10.2. The highest BCUT2D eigenvalue weighted by molar-refractivity contribution is 5.32. The van der Waals surface area contributed by atoms with Gasteiger partial charge in [0, 0.05) is 17.3 Å². The monoisotopic (exact) mass is 328 g/mol. The lowest BCUT2D eigenvalue weighted by molar-refractivity contribution is -0.241. The summed E-state index contributed by atoms with van der Waals surface area (Å²) < 4.78 is 12.5. The van der Waals surface area contributed by atoms with Crippen LogP contribution in [0.4, 0.5) is 0 Å². The molecule has 1 spiro atoms. The molecule has 5 rings (SSSR count). The number of fused-ring (bicyclic) bond motifs is 6. The molecular weight excluding hydrogens is 296 g/mol. The van der Waals surface area contributed by atoms with Gasteiger partial charge in [-0.15, -0.1) is 0 Å². The molecule has 5 aliphatic rings. The zero-order valence-corrected chi connectivity index (χ0v) is 15.5. The van der Waals surface area contributed by atoms with Crippen molar-refractivity contribution in [2.24, 2.45) is 34.5 Å². The second-order valence-corrected chi connectivity index (χ2v) is 9.61. The van der Waals surface area contributed by atoms with Gasteiger partial charge in [-0.05, 0) is 55.8 Å². The summed E-state index contributed by atoms with van der Waals surface area (Å²) in [5, 5.41) is 0. The second kappa shape index (κ2) is 4.98. The molecule has 0 bridgehead atoms. The van der Waals surface area contributed by atoms with Crippen LogP contribution in [0.15, 0.2) is 23.8 Å². The molecule has 2 heteroatoms. The Hall–Kier alpha value is -0.600. The highest BCUT2D eigenvalue weighted by atomic mass is 16.7. The van der Waals surface area contributed by atoms with E-state index in [9.17, 15) is 0 Å². The minimum atomic E-state index is -0.259. The lowest BCUT2D eigenvalue weighted by atomic mass is 9.48. The van der Waals surface area contributed by atoms with Gasteiger partial charge >= 0.3 is 0 Å². The summed E-state index contributed by atoms with van der Waals surface area (Å²) in [6, 6.07) is 0. The van der Waals surface area contributed by atoms with Crippen molar-refractivity contribution in [2.45, 2.75) is 65.1 Å². The van der Waals surface area contributed by atoms with Crippen LogP contribution in [0.5, 0.6) is 0 Å². The average molecular weight is 328 g/mol. The molecule has 3 fully saturated rings. The Balaban J connectivity index is 1.51. The Kier molecular flexibility index (Phi) is 3.24. The van der Waals surface area contributed by atoms with E-state index < -0.39 is 0 Å². The lowest BCUT2D eigenvalue weighted by Gasteiger charge is -2.57. The molecule has 6 atom stereocenters. The topological polar surface area (TPSA) is 18.5 Å². The summed E-state index contributed by atoms with van der Waals surface area (Å²) in [7, 11) is 0. The zero-order valence-electron chi connectivity index (χ0n) is 15.5. The fourth-order valence-corrected chi connectivity index (χ4v) is 7.30. The van der Waals surface area contributed by atoms with E-state index in [0.29, 0.717) is 11.3 Å². The summed E-state index contributed by atoms with van der Waals surface area (Å²) >= 11 is 0. The van der Waals surface area contributed by atoms with Crippen LogP contribution in [0.3, 0.4) is 0 Å². The number of hydrogen-bond donors (Lipinski definition) is 0. The average Bonchev–Trinajstić information content (AvgIpc) is 3.15. The van der Waals surface area contributed by atoms with Crippen LogP contribution >= 0.6 is 0 Å². The molecule has 0 aromatic heterocycles. The Bertz CT molecular complexity index is 599. The number of rotatable bonds is 0. The summed E-state index contributed by atoms with van der Waals surface area (Å²) in [4.78, 5) is 0. The molecule has 4 unspecified atom stereocenters. The normalized spacial score (nSPS) is 51.9. The number of ether oxygens (including phenoxy) is 2. The first kappa shape index (κ1) is 15.6. The van der Waals surface area contributed by atoms with Gasteiger partial charge in [-0.1, -0.05) is 44.6 Å². The Morgan fingerprint density at radius 2 is 1.79 bits per heavy atom. The molecule has 0 aromatic carbocycles. The van der Waals surface area contributed by atoms with Crippen LogP contribution in [0.25, 0.3) is 0 Å². The third-order valence-corrected chi connectivity index (χ3v) is 8.65. The van der Waals surface area contributed by atoms with E-state index in [-0.39, 0.29) is 11.2 Å². The van der Waals surface area contributed by atoms with Crippen LogP contribution in [0.1, 0.15) is 59.3 Å². The minimum absolute atomic E-state index is 0.220. The molecule has 0 N–H and O–H groups in total. The molecule has 4 aliphatic carbocycles. The maximum atomic E-state index is 6.25. The van der Waals surface area contributed by atoms with Crippen molar-refractivity contribution >= 4 is 0 Å². The van der Waals surface area contributed by atoms with Gasteiger partial charge in [0.2, 0.25) is 0 Å². The van der Waals surface area contributed by atoms with Gasteiger partial charge in [0.1, 0.15) is 0 Å². The first-order chi connectivity index (χ1) is 11.5. The van der Waals surface area contributed by atoms with Gasteiger partial charge in [0.25, 0.3) is 0 Å². The summed E-state index contributed by atoms with van der Waals surface area (Å²) in [6.07, 6.45) is 15.2. The minimum Gasteiger partial charge on any atom is -0.347 e. The van der Waals surface area contributed by atoms with E-state index in [1.165, 1.54) is 32.1 Å². The molecule has 0 radical (unpaired) electrons. The lowest BCUT2D eigenvalue weighted by Crippen LogP contribution is -2.54. The van der Waals surface area contributed by atoms with E-state index in [4.69, 9.17) is 9.47 Å². The zero-order chi connectivity index (χ0) is 16.6. The molecule has 0 aromatic rings. The summed E-state index contributed by atoms with van der Waals surface area (Å²) in [6.45, 7) is 8.94. The molecule has 2 saturated carbocycles. The van der Waals surface area contributed by atoms with Crippen LogP contribution in [-0.2, 0) is 9.47 Å². The smallest absolute Gasteiger partial charge is 0.174 e. The van der Waals surface area contributed by atoms with E-state index >= 15 is 0 Å². The largest absolute Gasteiger partial charge is 0.347 e. The third-order valence-electron chi connectivity index (χ3n) is 8.65. The SMILES string of the molecule is CC1C=C[C@@]2(C)C(=CCC3C2CC[C@@]2(C)C3CCC23OCCO3)C1. The molecule has 0 amide bonds. The van der Waals surface area contributed by atoms with Crippen LogP contribution < -0.4 is 0 Å². The van der Waals surface area contributed by atoms with Crippen molar-refractivity contribution in [3.63, 3.8) is 0 Å². The van der Waals surface area contributed by atoms with E-state index in [1.54, 1.807) is 5.57 Å². The molecule has 132 valence electrons. The summed E-state index contributed by atoms with van der Waals surface area (Å²) in [5.41, 5.74) is 2.26. The van der Waals surface area contributed by atoms with E-state index in [0.717, 1.165) is 37.4 Å². The predicted molar refractivity (Wildman–Crippen MR) is 95.4 cm³/mol. The van der Waals surface area contributed by atoms with Crippen molar-refractivity contribution in [3.05, 3.63) is 23.8 Å². The molecular formula is C22H32O2. The van der Waals surface area contributed by atoms with Gasteiger partial charge in [-0.3, -0.25) is 0 Å². The Labute approximate surface area is 146 Å². The van der Waals surface area contributed by atoms with Crippen molar-refractivity contribution in [3.8, 4) is 0 Å². The van der Waals surface area contributed by atoms with Crippen molar-refractivity contribution in [1.29, 1.82) is 0 Å². The van der Waals surface area contributed by atoms with E-state index in [2.05, 4.69) is 39.0 Å². The molecule has 1 saturated heterocycles. The van der Waals surface area contributed by atoms with Crippen molar-refractivity contribution < 1.29 is 9.47 Å². The van der Waals surface area contributed by atoms with Crippen LogP contribution in [0, 0.1) is 34.5 Å². The van der Waals surface area contributed by atoms with Gasteiger partial charge in [0.05, 0.1) is 13.2 Å². The van der Waals surface area contributed by atoms with Crippen LogP contribution in [-0.4, -0.2) is 19.0 Å². The van der Waals surface area contributed by atoms with Gasteiger partial charge in [-0.25, -0.2) is 0 Å². The second-order valence-electron chi connectivity index (χ2n) is 9.61. The first-order valence-corrected chi connectivity index (χ1v) is 10.2. The Morgan fingerprint density at radius 3 is 2.58 bits per heavy atom. The van der Waals surface area contributed by atoms with E-state index in [1.807, 2.05) is 0 Å². The summed E-state index contributed by atoms with van der Waals surface area (Å²) in [5.74, 6) is 2.84. The molecule has 2 nitrogen and oxygen atoms in total. The van der Waals surface area contributed by atoms with Gasteiger partial charge in [0.15, 0.2) is 5.79 Å². The van der Waals surface area contributed by atoms with Crippen molar-refractivity contribution in [2.75, 3.05) is 13.2 Å². The predicted octanol–water partition coefficient (Wildman–Crippen LogP) is 5.10. The van der Waals surface area contributed by atoms with Gasteiger partial charge < -0.3 is 9.47 Å². The molecule has 1 heterocycles. The highest BCUT2D eigenvalue weighted by Crippen LogP contribution is 2.68. The van der Waals surface area contributed by atoms with Crippen molar-refractivity contribution in [1.82, 2.24) is 0 Å². The molecule has 1 aliphatic heterocycles. The maximum absolute atomic E-state index is 6.25. The standard InChI is InChI=1S/C22H32O2/c1-15-6-9-20(2)16(14-15)4-5-17-18(20)7-10-21(3)19(17)8-11-22(21)23-12-13-24-22/h4,6,9,15,17-19H,5,7-8,10-14H2,1-3H3/t15?,17?,18?,19?,20-,21-/m0/s1.